The molecule has 0 heteroatoms. The van der Waals surface area contributed by atoms with Crippen LogP contribution in [0, 0.1) is 11.3 Å². The topological polar surface area (TPSA) is 0 Å². The summed E-state index contributed by atoms with van der Waals surface area (Å²) in [4.78, 5) is 0. The summed E-state index contributed by atoms with van der Waals surface area (Å²) < 4.78 is 0. The summed E-state index contributed by atoms with van der Waals surface area (Å²) in [6.07, 6.45) is 6.54. The molecular formula is C12H25. The highest BCUT2D eigenvalue weighted by atomic mass is 14.2. The van der Waals surface area contributed by atoms with E-state index in [0.29, 0.717) is 5.41 Å². The molecule has 0 aliphatic rings. The van der Waals surface area contributed by atoms with E-state index in [1.165, 1.54) is 32.1 Å². The van der Waals surface area contributed by atoms with Gasteiger partial charge in [0.1, 0.15) is 0 Å². The van der Waals surface area contributed by atoms with E-state index >= 15 is 0 Å². The van der Waals surface area contributed by atoms with Crippen LogP contribution in [0.15, 0.2) is 0 Å². The molecule has 0 N–H and O–H groups in total. The Balaban J connectivity index is 3.83. The highest BCUT2D eigenvalue weighted by molar-refractivity contribution is 4.92. The molecule has 0 aliphatic heterocycles. The third-order valence-corrected chi connectivity index (χ3v) is 2.79. The average molecular weight is 169 g/mol. The Kier molecular flexibility index (Phi) is 5.61. The Morgan fingerprint density at radius 1 is 1.08 bits per heavy atom. The van der Waals surface area contributed by atoms with Gasteiger partial charge in [-0.25, -0.2) is 0 Å². The van der Waals surface area contributed by atoms with Gasteiger partial charge >= 0.3 is 0 Å². The summed E-state index contributed by atoms with van der Waals surface area (Å²) in [5.74, 6) is 1.75. The Bertz CT molecular complexity index is 103. The molecule has 73 valence electrons. The number of hydrogen-bond donors (Lipinski definition) is 0. The molecule has 0 saturated heterocycles. The van der Waals surface area contributed by atoms with Crippen molar-refractivity contribution in [1.82, 2.24) is 0 Å². The zero-order chi connectivity index (χ0) is 9.61. The Hall–Kier alpha value is 0. The van der Waals surface area contributed by atoms with Crippen LogP contribution in [-0.4, -0.2) is 0 Å². The molecule has 0 aliphatic carbocycles. The van der Waals surface area contributed by atoms with E-state index in [1.54, 1.807) is 5.92 Å². The van der Waals surface area contributed by atoms with E-state index < -0.39 is 0 Å². The first kappa shape index (κ1) is 12.0. The maximum absolute atomic E-state index is 2.37. The van der Waals surface area contributed by atoms with Gasteiger partial charge in [0.2, 0.25) is 0 Å². The number of hydrogen-bond acceptors (Lipinski definition) is 0. The van der Waals surface area contributed by atoms with Crippen molar-refractivity contribution in [3.05, 3.63) is 5.92 Å². The van der Waals surface area contributed by atoms with Crippen molar-refractivity contribution in [2.75, 3.05) is 0 Å². The maximum atomic E-state index is 2.37. The molecule has 1 radical (unpaired) electrons. The summed E-state index contributed by atoms with van der Waals surface area (Å²) in [5, 5.41) is 0. The van der Waals surface area contributed by atoms with Gasteiger partial charge in [-0.2, -0.15) is 0 Å². The summed E-state index contributed by atoms with van der Waals surface area (Å²) >= 11 is 0. The molecule has 12 heavy (non-hydrogen) atoms. The van der Waals surface area contributed by atoms with Crippen LogP contribution in [-0.2, 0) is 0 Å². The van der Waals surface area contributed by atoms with Gasteiger partial charge in [0, 0.05) is 0 Å². The second-order valence-electron chi connectivity index (χ2n) is 4.55. The smallest absolute Gasteiger partial charge is 0.0238 e. The lowest BCUT2D eigenvalue weighted by atomic mass is 9.78. The lowest BCUT2D eigenvalue weighted by Crippen LogP contribution is -2.14. The summed E-state index contributed by atoms with van der Waals surface area (Å²) in [7, 11) is 0. The molecule has 0 nitrogen and oxygen atoms in total. The Morgan fingerprint density at radius 3 is 2.00 bits per heavy atom. The van der Waals surface area contributed by atoms with Crippen LogP contribution in [0.2, 0.25) is 0 Å². The third kappa shape index (κ3) is 4.79. The standard InChI is InChI=1S/C12H25/c1-6-9-11(7-2)10-12(4,5)8-3/h6-10H2,1-5H3. The second-order valence-corrected chi connectivity index (χ2v) is 4.55. The fraction of sp³-hybridized carbons (Fsp3) is 0.917. The van der Waals surface area contributed by atoms with Gasteiger partial charge in [-0.05, 0) is 30.6 Å². The molecule has 0 aromatic rings. The molecule has 0 rings (SSSR count). The third-order valence-electron chi connectivity index (χ3n) is 2.79. The van der Waals surface area contributed by atoms with Crippen LogP contribution in [0.25, 0.3) is 0 Å². The highest BCUT2D eigenvalue weighted by Gasteiger charge is 2.19. The van der Waals surface area contributed by atoms with E-state index in [4.69, 9.17) is 0 Å². The van der Waals surface area contributed by atoms with Crippen molar-refractivity contribution in [3.63, 3.8) is 0 Å². The van der Waals surface area contributed by atoms with Crippen molar-refractivity contribution in [3.8, 4) is 0 Å². The molecule has 0 unspecified atom stereocenters. The van der Waals surface area contributed by atoms with E-state index in [-0.39, 0.29) is 0 Å². The van der Waals surface area contributed by atoms with Crippen LogP contribution in [0.3, 0.4) is 0 Å². The van der Waals surface area contributed by atoms with E-state index in [0.717, 1.165) is 0 Å². The van der Waals surface area contributed by atoms with Crippen molar-refractivity contribution in [2.45, 2.75) is 66.7 Å². The minimum Gasteiger partial charge on any atom is -0.0654 e. The van der Waals surface area contributed by atoms with Gasteiger partial charge in [0.25, 0.3) is 0 Å². The van der Waals surface area contributed by atoms with Gasteiger partial charge in [-0.3, -0.25) is 0 Å². The predicted octanol–water partition coefficient (Wildman–Crippen LogP) is 4.60. The van der Waals surface area contributed by atoms with Crippen LogP contribution in [0.4, 0.5) is 0 Å². The summed E-state index contributed by atoms with van der Waals surface area (Å²) in [6.45, 7) is 11.6. The van der Waals surface area contributed by atoms with Gasteiger partial charge < -0.3 is 0 Å². The summed E-state index contributed by atoms with van der Waals surface area (Å²) in [6, 6.07) is 0. The molecule has 0 bridgehead atoms. The minimum atomic E-state index is 0.528. The molecule has 0 aromatic carbocycles. The first-order valence-electron chi connectivity index (χ1n) is 5.39. The second kappa shape index (κ2) is 5.61. The minimum absolute atomic E-state index is 0.528. The largest absolute Gasteiger partial charge is 0.0654 e. The molecule has 0 spiro atoms. The normalized spacial score (nSPS) is 12.5. The Morgan fingerprint density at radius 2 is 1.67 bits per heavy atom. The fourth-order valence-electron chi connectivity index (χ4n) is 1.55. The van der Waals surface area contributed by atoms with Crippen LogP contribution in [0.1, 0.15) is 66.7 Å². The SMILES string of the molecule is CCC[C](CC)CC(C)(C)CC. The highest BCUT2D eigenvalue weighted by Crippen LogP contribution is 2.33. The lowest BCUT2D eigenvalue weighted by molar-refractivity contribution is 0.318. The zero-order valence-corrected chi connectivity index (χ0v) is 9.54. The van der Waals surface area contributed by atoms with E-state index in [1.807, 2.05) is 0 Å². The molecule has 0 aromatic heterocycles. The van der Waals surface area contributed by atoms with Gasteiger partial charge in [-0.15, -0.1) is 0 Å². The quantitative estimate of drug-likeness (QED) is 0.545. The molecule has 0 heterocycles. The van der Waals surface area contributed by atoms with Gasteiger partial charge in [0.05, 0.1) is 0 Å². The van der Waals surface area contributed by atoms with Crippen molar-refractivity contribution < 1.29 is 0 Å². The van der Waals surface area contributed by atoms with Crippen LogP contribution >= 0.6 is 0 Å². The zero-order valence-electron chi connectivity index (χ0n) is 9.54. The Labute approximate surface area is 78.8 Å². The molecule has 0 fully saturated rings. The van der Waals surface area contributed by atoms with E-state index in [2.05, 4.69) is 34.6 Å². The maximum Gasteiger partial charge on any atom is -0.0238 e. The monoisotopic (exact) mass is 169 g/mol. The van der Waals surface area contributed by atoms with Crippen molar-refractivity contribution >= 4 is 0 Å². The fourth-order valence-corrected chi connectivity index (χ4v) is 1.55. The van der Waals surface area contributed by atoms with Gasteiger partial charge in [-0.1, -0.05) is 47.5 Å². The van der Waals surface area contributed by atoms with E-state index in [9.17, 15) is 0 Å². The lowest BCUT2D eigenvalue weighted by Gasteiger charge is -2.27. The average Bonchev–Trinajstić information content (AvgIpc) is 2.03. The molecule has 0 amide bonds. The first-order chi connectivity index (χ1) is 5.55. The van der Waals surface area contributed by atoms with Crippen LogP contribution in [0.5, 0.6) is 0 Å². The van der Waals surface area contributed by atoms with Gasteiger partial charge in [0.15, 0.2) is 0 Å². The summed E-state index contributed by atoms with van der Waals surface area (Å²) in [5.41, 5.74) is 0.528. The molecule has 0 atom stereocenters. The number of rotatable bonds is 6. The van der Waals surface area contributed by atoms with Crippen LogP contribution < -0.4 is 0 Å². The molecular weight excluding hydrogens is 144 g/mol. The first-order valence-corrected chi connectivity index (χ1v) is 5.39. The van der Waals surface area contributed by atoms with Crippen molar-refractivity contribution in [1.29, 1.82) is 0 Å². The predicted molar refractivity (Wildman–Crippen MR) is 57.1 cm³/mol. The van der Waals surface area contributed by atoms with Crippen molar-refractivity contribution in [2.24, 2.45) is 5.41 Å². The molecule has 0 saturated carbocycles.